The molecule has 7 heteroatoms. The van der Waals surface area contributed by atoms with Gasteiger partial charge < -0.3 is 35.1 Å². The molecule has 9 rings (SSSR count). The average molecular weight is 619 g/mol. The van der Waals surface area contributed by atoms with Gasteiger partial charge in [-0.25, -0.2) is 0 Å². The third-order valence-electron chi connectivity index (χ3n) is 8.67. The van der Waals surface area contributed by atoms with Gasteiger partial charge in [0.25, 0.3) is 0 Å². The van der Waals surface area contributed by atoms with Crippen LogP contribution in [0.3, 0.4) is 0 Å². The summed E-state index contributed by atoms with van der Waals surface area (Å²) in [7, 11) is 0. The molecule has 1 heterocycles. The Bertz CT molecular complexity index is 2700. The maximum absolute atomic E-state index is 10.7. The lowest BCUT2D eigenvalue weighted by Crippen LogP contribution is -1.86. The Labute approximate surface area is 266 Å². The molecule has 0 amide bonds. The van der Waals surface area contributed by atoms with Gasteiger partial charge in [-0.1, -0.05) is 72.8 Å². The second-order valence-corrected chi connectivity index (χ2v) is 11.5. The molecule has 6 N–H and O–H groups in total. The van der Waals surface area contributed by atoms with Gasteiger partial charge in [-0.2, -0.15) is 0 Å². The van der Waals surface area contributed by atoms with E-state index >= 15 is 0 Å². The normalized spacial score (nSPS) is 11.5. The van der Waals surface area contributed by atoms with Gasteiger partial charge in [0.2, 0.25) is 0 Å². The van der Waals surface area contributed by atoms with Crippen molar-refractivity contribution in [3.8, 4) is 45.6 Å². The van der Waals surface area contributed by atoms with Crippen molar-refractivity contribution >= 4 is 65.0 Å². The van der Waals surface area contributed by atoms with Crippen molar-refractivity contribution < 1.29 is 35.1 Å². The third-order valence-corrected chi connectivity index (χ3v) is 8.67. The largest absolute Gasteiger partial charge is 0.508 e. The van der Waals surface area contributed by atoms with Crippen LogP contribution in [0.1, 0.15) is 0 Å². The number of aromatic hydroxyl groups is 6. The number of rotatable bonds is 1. The van der Waals surface area contributed by atoms with Gasteiger partial charge in [0.1, 0.15) is 45.7 Å². The number of phenols is 6. The van der Waals surface area contributed by atoms with Crippen LogP contribution >= 0.6 is 0 Å². The van der Waals surface area contributed by atoms with Crippen LogP contribution < -0.4 is 0 Å². The summed E-state index contributed by atoms with van der Waals surface area (Å²) in [5, 5.41) is 69.1. The highest BCUT2D eigenvalue weighted by atomic mass is 16.3. The topological polar surface area (TPSA) is 135 Å². The second kappa shape index (κ2) is 10.5. The minimum absolute atomic E-state index is 0.00922. The predicted molar refractivity (Wildman–Crippen MR) is 186 cm³/mol. The molecular formula is C40H26O7. The molecule has 9 aromatic rings. The smallest absolute Gasteiger partial charge is 0.143 e. The zero-order valence-electron chi connectivity index (χ0n) is 24.6. The Kier molecular flexibility index (Phi) is 6.23. The Balaban J connectivity index is 0.000000138. The molecule has 0 saturated heterocycles. The van der Waals surface area contributed by atoms with Crippen molar-refractivity contribution in [3.63, 3.8) is 0 Å². The van der Waals surface area contributed by atoms with E-state index in [1.165, 1.54) is 18.2 Å². The van der Waals surface area contributed by atoms with Gasteiger partial charge in [-0.3, -0.25) is 0 Å². The van der Waals surface area contributed by atoms with E-state index in [0.29, 0.717) is 27.3 Å². The van der Waals surface area contributed by atoms with Crippen molar-refractivity contribution in [3.05, 3.63) is 121 Å². The highest BCUT2D eigenvalue weighted by Crippen LogP contribution is 2.47. The Morgan fingerprint density at radius 1 is 0.404 bits per heavy atom. The zero-order valence-corrected chi connectivity index (χ0v) is 24.6. The SMILES string of the molecule is Oc1ccc2ccc(O)c(-c3cc(O)c4ccccc4c3O)c2c1.Oc1ccc2ccc3oc4c5ccccc5c(O)cc4c3c2c1. The summed E-state index contributed by atoms with van der Waals surface area (Å²) < 4.78 is 6.08. The molecule has 0 radical (unpaired) electrons. The van der Waals surface area contributed by atoms with Crippen LogP contribution in [0.4, 0.5) is 0 Å². The van der Waals surface area contributed by atoms with Crippen LogP contribution in [-0.4, -0.2) is 30.6 Å². The lowest BCUT2D eigenvalue weighted by Gasteiger charge is -2.14. The predicted octanol–water partition coefficient (Wildman–Crippen LogP) is 9.79. The molecule has 0 aliphatic carbocycles. The highest BCUT2D eigenvalue weighted by molar-refractivity contribution is 6.24. The number of phenolic OH excluding ortho intramolecular Hbond substituents is 6. The first-order valence-electron chi connectivity index (χ1n) is 14.9. The monoisotopic (exact) mass is 618 g/mol. The second-order valence-electron chi connectivity index (χ2n) is 11.5. The number of benzene rings is 8. The molecule has 0 atom stereocenters. The molecule has 0 fully saturated rings. The molecule has 0 aliphatic heterocycles. The standard InChI is InChI=1S/C20H14O4.C20H12O3/c21-12-7-5-11-6-8-17(22)19(15(11)9-12)16-10-18(23)13-3-1-2-4-14(13)20(16)24;21-12-7-5-11-6-8-18-19(15(11)9-12)16-10-17(22)13-3-1-2-4-14(13)20(16)23-18/h1-10,21-24H;1-10,21-22H. The Morgan fingerprint density at radius 3 is 1.68 bits per heavy atom. The fraction of sp³-hybridized carbons (Fsp3) is 0. The van der Waals surface area contributed by atoms with E-state index in [1.807, 2.05) is 42.5 Å². The van der Waals surface area contributed by atoms with Gasteiger partial charge in [0.05, 0.1) is 0 Å². The Hall–Kier alpha value is -6.60. The molecule has 0 bridgehead atoms. The average Bonchev–Trinajstić information content (AvgIpc) is 3.46. The zero-order chi connectivity index (χ0) is 32.4. The van der Waals surface area contributed by atoms with E-state index in [2.05, 4.69) is 0 Å². The molecule has 0 spiro atoms. The van der Waals surface area contributed by atoms with Gasteiger partial charge in [-0.15, -0.1) is 0 Å². The van der Waals surface area contributed by atoms with Crippen LogP contribution in [0, 0.1) is 0 Å². The van der Waals surface area contributed by atoms with Gasteiger partial charge in [0.15, 0.2) is 0 Å². The maximum Gasteiger partial charge on any atom is 0.143 e. The minimum Gasteiger partial charge on any atom is -0.508 e. The molecule has 0 aliphatic rings. The fourth-order valence-corrected chi connectivity index (χ4v) is 6.50. The van der Waals surface area contributed by atoms with Crippen molar-refractivity contribution in [2.45, 2.75) is 0 Å². The molecule has 1 aromatic heterocycles. The number of furan rings is 1. The molecule has 8 aromatic carbocycles. The van der Waals surface area contributed by atoms with E-state index in [9.17, 15) is 30.6 Å². The third kappa shape index (κ3) is 4.44. The summed E-state index contributed by atoms with van der Waals surface area (Å²) in [6, 6.07) is 35.0. The summed E-state index contributed by atoms with van der Waals surface area (Å²) in [6.45, 7) is 0. The lowest BCUT2D eigenvalue weighted by molar-refractivity contribution is 0.467. The van der Waals surface area contributed by atoms with Crippen molar-refractivity contribution in [2.75, 3.05) is 0 Å². The quantitative estimate of drug-likeness (QED) is 0.101. The molecule has 7 nitrogen and oxygen atoms in total. The summed E-state index contributed by atoms with van der Waals surface area (Å²) in [5.74, 6) is 0.429. The van der Waals surface area contributed by atoms with Crippen LogP contribution in [0.5, 0.6) is 34.5 Å². The summed E-state index contributed by atoms with van der Waals surface area (Å²) in [5.41, 5.74) is 2.17. The van der Waals surface area contributed by atoms with E-state index in [4.69, 9.17) is 4.42 Å². The molecule has 47 heavy (non-hydrogen) atoms. The maximum atomic E-state index is 10.7. The first-order valence-corrected chi connectivity index (χ1v) is 14.9. The Morgan fingerprint density at radius 2 is 0.957 bits per heavy atom. The van der Waals surface area contributed by atoms with Crippen molar-refractivity contribution in [1.82, 2.24) is 0 Å². The number of hydrogen-bond donors (Lipinski definition) is 6. The van der Waals surface area contributed by atoms with E-state index in [0.717, 1.165) is 48.9 Å². The van der Waals surface area contributed by atoms with Crippen LogP contribution in [-0.2, 0) is 0 Å². The van der Waals surface area contributed by atoms with Crippen LogP contribution in [0.15, 0.2) is 126 Å². The van der Waals surface area contributed by atoms with E-state index in [-0.39, 0.29) is 34.5 Å². The van der Waals surface area contributed by atoms with Crippen LogP contribution in [0.2, 0.25) is 0 Å². The molecule has 0 saturated carbocycles. The molecule has 0 unspecified atom stereocenters. The van der Waals surface area contributed by atoms with Crippen LogP contribution in [0.25, 0.3) is 76.2 Å². The summed E-state index contributed by atoms with van der Waals surface area (Å²) in [4.78, 5) is 0. The number of fused-ring (bicyclic) bond motifs is 9. The minimum atomic E-state index is -0.0434. The molecule has 228 valence electrons. The fourth-order valence-electron chi connectivity index (χ4n) is 6.50. The van der Waals surface area contributed by atoms with Gasteiger partial charge in [0, 0.05) is 43.4 Å². The summed E-state index contributed by atoms with van der Waals surface area (Å²) in [6.07, 6.45) is 0. The highest BCUT2D eigenvalue weighted by Gasteiger charge is 2.18. The molecular weight excluding hydrogens is 592 g/mol. The first kappa shape index (κ1) is 27.9. The van der Waals surface area contributed by atoms with Crippen molar-refractivity contribution in [1.29, 1.82) is 0 Å². The summed E-state index contributed by atoms with van der Waals surface area (Å²) >= 11 is 0. The van der Waals surface area contributed by atoms with Crippen molar-refractivity contribution in [2.24, 2.45) is 0 Å². The van der Waals surface area contributed by atoms with E-state index in [1.54, 1.807) is 60.7 Å². The lowest BCUT2D eigenvalue weighted by atomic mass is 9.93. The van der Waals surface area contributed by atoms with Gasteiger partial charge >= 0.3 is 0 Å². The van der Waals surface area contributed by atoms with Gasteiger partial charge in [-0.05, 0) is 70.1 Å². The number of hydrogen-bond acceptors (Lipinski definition) is 7. The first-order chi connectivity index (χ1) is 22.8. The van der Waals surface area contributed by atoms with E-state index < -0.39 is 0 Å².